The molecular formula is C24H30. The summed E-state index contributed by atoms with van der Waals surface area (Å²) in [6, 6.07) is 14.1. The Morgan fingerprint density at radius 1 is 0.583 bits per heavy atom. The van der Waals surface area contributed by atoms with Crippen LogP contribution < -0.4 is 0 Å². The van der Waals surface area contributed by atoms with Gasteiger partial charge in [0.05, 0.1) is 0 Å². The highest BCUT2D eigenvalue weighted by atomic mass is 14.2. The van der Waals surface area contributed by atoms with Crippen LogP contribution in [-0.4, -0.2) is 0 Å². The van der Waals surface area contributed by atoms with Crippen LogP contribution >= 0.6 is 0 Å². The van der Waals surface area contributed by atoms with E-state index in [-0.39, 0.29) is 0 Å². The monoisotopic (exact) mass is 318 g/mol. The highest BCUT2D eigenvalue weighted by Gasteiger charge is 2.11. The second-order valence-electron chi connectivity index (χ2n) is 8.21. The number of fused-ring (bicyclic) bond motifs is 2. The lowest BCUT2D eigenvalue weighted by atomic mass is 9.89. The summed E-state index contributed by atoms with van der Waals surface area (Å²) in [5.41, 5.74) is 5.76. The van der Waals surface area contributed by atoms with Gasteiger partial charge in [-0.25, -0.2) is 0 Å². The maximum absolute atomic E-state index is 2.42. The van der Waals surface area contributed by atoms with E-state index in [9.17, 15) is 0 Å². The smallest absolute Gasteiger partial charge is 0.0143 e. The molecule has 0 N–H and O–H groups in total. The number of aryl methyl sites for hydroxylation is 2. The summed E-state index contributed by atoms with van der Waals surface area (Å²) in [7, 11) is 0. The Morgan fingerprint density at radius 3 is 1.29 bits per heavy atom. The fraction of sp³-hybridized carbons (Fsp3) is 0.417. The van der Waals surface area contributed by atoms with Gasteiger partial charge in [0.2, 0.25) is 0 Å². The van der Waals surface area contributed by atoms with E-state index in [1.165, 1.54) is 43.8 Å². The lowest BCUT2D eigenvalue weighted by molar-refractivity contribution is 0.647. The fourth-order valence-corrected chi connectivity index (χ4v) is 3.94. The maximum atomic E-state index is 2.42. The summed E-state index contributed by atoms with van der Waals surface area (Å²) in [6.07, 6.45) is 2.31. The van der Waals surface area contributed by atoms with E-state index < -0.39 is 0 Å². The number of benzene rings is 3. The quantitative estimate of drug-likeness (QED) is 0.454. The predicted molar refractivity (Wildman–Crippen MR) is 108 cm³/mol. The molecule has 24 heavy (non-hydrogen) atoms. The van der Waals surface area contributed by atoms with Crippen molar-refractivity contribution in [1.29, 1.82) is 0 Å². The molecule has 0 unspecified atom stereocenters. The first kappa shape index (κ1) is 17.0. The van der Waals surface area contributed by atoms with E-state index in [1.54, 1.807) is 0 Å². The Hall–Kier alpha value is -1.82. The molecule has 0 fully saturated rings. The lowest BCUT2D eigenvalue weighted by Crippen LogP contribution is -1.97. The van der Waals surface area contributed by atoms with Crippen molar-refractivity contribution in [2.45, 2.75) is 54.4 Å². The van der Waals surface area contributed by atoms with Gasteiger partial charge in [-0.3, -0.25) is 0 Å². The van der Waals surface area contributed by atoms with Crippen molar-refractivity contribution in [3.8, 4) is 0 Å². The van der Waals surface area contributed by atoms with Crippen molar-refractivity contribution in [1.82, 2.24) is 0 Å². The fourth-order valence-electron chi connectivity index (χ4n) is 3.94. The third kappa shape index (κ3) is 3.20. The molecule has 0 heterocycles. The Bertz CT molecular complexity index is 806. The van der Waals surface area contributed by atoms with Crippen LogP contribution in [0.1, 0.15) is 49.9 Å². The molecule has 3 aromatic carbocycles. The third-order valence-corrected chi connectivity index (χ3v) is 5.07. The first-order valence-electron chi connectivity index (χ1n) is 9.31. The second kappa shape index (κ2) is 6.59. The summed E-state index contributed by atoms with van der Waals surface area (Å²) >= 11 is 0. The maximum Gasteiger partial charge on any atom is -0.0143 e. The summed E-state index contributed by atoms with van der Waals surface area (Å²) in [5.74, 6) is 1.39. The molecule has 0 saturated carbocycles. The minimum absolute atomic E-state index is 0.697. The zero-order chi connectivity index (χ0) is 17.4. The molecule has 0 aliphatic rings. The molecule has 126 valence electrons. The van der Waals surface area contributed by atoms with Gasteiger partial charge >= 0.3 is 0 Å². The largest absolute Gasteiger partial charge is 0.0625 e. The van der Waals surface area contributed by atoms with Crippen molar-refractivity contribution in [3.63, 3.8) is 0 Å². The summed E-state index contributed by atoms with van der Waals surface area (Å²) in [6.45, 7) is 13.7. The van der Waals surface area contributed by atoms with Gasteiger partial charge in [0, 0.05) is 0 Å². The highest BCUT2D eigenvalue weighted by Crippen LogP contribution is 2.33. The first-order chi connectivity index (χ1) is 11.4. The highest BCUT2D eigenvalue weighted by molar-refractivity contribution is 6.05. The molecule has 0 heteroatoms. The van der Waals surface area contributed by atoms with Gasteiger partial charge in [-0.1, -0.05) is 64.1 Å². The van der Waals surface area contributed by atoms with Crippen molar-refractivity contribution < 1.29 is 0 Å². The molecule has 3 rings (SSSR count). The summed E-state index contributed by atoms with van der Waals surface area (Å²) in [4.78, 5) is 0. The van der Waals surface area contributed by atoms with Crippen LogP contribution in [0.4, 0.5) is 0 Å². The van der Waals surface area contributed by atoms with Crippen LogP contribution in [0.5, 0.6) is 0 Å². The van der Waals surface area contributed by atoms with E-state index in [1.807, 2.05) is 0 Å². The van der Waals surface area contributed by atoms with E-state index in [2.05, 4.69) is 77.9 Å². The normalized spacial score (nSPS) is 12.0. The Balaban J connectivity index is 2.22. The van der Waals surface area contributed by atoms with Gasteiger partial charge in [-0.05, 0) is 82.3 Å². The Morgan fingerprint density at radius 2 is 0.958 bits per heavy atom. The van der Waals surface area contributed by atoms with Crippen molar-refractivity contribution in [3.05, 3.63) is 58.7 Å². The molecule has 0 aromatic heterocycles. The van der Waals surface area contributed by atoms with Crippen LogP contribution in [0.15, 0.2) is 36.4 Å². The van der Waals surface area contributed by atoms with Crippen LogP contribution in [0.25, 0.3) is 21.5 Å². The van der Waals surface area contributed by atoms with Crippen molar-refractivity contribution >= 4 is 21.5 Å². The second-order valence-corrected chi connectivity index (χ2v) is 8.21. The molecule has 0 aliphatic heterocycles. The van der Waals surface area contributed by atoms with Gasteiger partial charge in [0.15, 0.2) is 0 Å². The predicted octanol–water partition coefficient (Wildman–Crippen LogP) is 7.01. The molecule has 0 spiro atoms. The molecular weight excluding hydrogens is 288 g/mol. The topological polar surface area (TPSA) is 0 Å². The average molecular weight is 319 g/mol. The van der Waals surface area contributed by atoms with E-state index in [4.69, 9.17) is 0 Å². The number of hydrogen-bond acceptors (Lipinski definition) is 0. The first-order valence-corrected chi connectivity index (χ1v) is 9.31. The zero-order valence-corrected chi connectivity index (χ0v) is 16.0. The minimum Gasteiger partial charge on any atom is -0.0625 e. The van der Waals surface area contributed by atoms with E-state index in [0.717, 1.165) is 12.8 Å². The SMILES string of the molecule is Cc1c2ccc(CC(C)C)cc2c(C)c2ccc(CC(C)C)cc12. The van der Waals surface area contributed by atoms with Gasteiger partial charge in [0.1, 0.15) is 0 Å². The van der Waals surface area contributed by atoms with Crippen LogP contribution in [0, 0.1) is 25.7 Å². The molecule has 0 radical (unpaired) electrons. The molecule has 0 saturated heterocycles. The van der Waals surface area contributed by atoms with Crippen LogP contribution in [-0.2, 0) is 12.8 Å². The molecule has 3 aromatic rings. The standard InChI is InChI=1S/C24H30/c1-15(2)11-19-7-9-21-18(6)24-14-20(12-16(3)4)8-10-22(24)17(5)23(21)13-19/h7-10,13-16H,11-12H2,1-6H3. The van der Waals surface area contributed by atoms with E-state index in [0.29, 0.717) is 11.8 Å². The average Bonchev–Trinajstić information content (AvgIpc) is 2.51. The molecule has 0 atom stereocenters. The van der Waals surface area contributed by atoms with Gasteiger partial charge < -0.3 is 0 Å². The zero-order valence-electron chi connectivity index (χ0n) is 16.0. The molecule has 0 nitrogen and oxygen atoms in total. The molecule has 0 amide bonds. The summed E-state index contributed by atoms with van der Waals surface area (Å²) in [5, 5.41) is 5.67. The van der Waals surface area contributed by atoms with Gasteiger partial charge in [0.25, 0.3) is 0 Å². The molecule has 0 bridgehead atoms. The van der Waals surface area contributed by atoms with Gasteiger partial charge in [-0.2, -0.15) is 0 Å². The Kier molecular flexibility index (Phi) is 4.67. The van der Waals surface area contributed by atoms with Crippen LogP contribution in [0.2, 0.25) is 0 Å². The van der Waals surface area contributed by atoms with Crippen molar-refractivity contribution in [2.75, 3.05) is 0 Å². The number of hydrogen-bond donors (Lipinski definition) is 0. The van der Waals surface area contributed by atoms with Crippen LogP contribution in [0.3, 0.4) is 0 Å². The minimum atomic E-state index is 0.697. The van der Waals surface area contributed by atoms with E-state index >= 15 is 0 Å². The Labute approximate surface area is 146 Å². The molecule has 0 aliphatic carbocycles. The lowest BCUT2D eigenvalue weighted by Gasteiger charge is -2.15. The number of rotatable bonds is 4. The van der Waals surface area contributed by atoms with Gasteiger partial charge in [-0.15, -0.1) is 0 Å². The third-order valence-electron chi connectivity index (χ3n) is 5.07. The van der Waals surface area contributed by atoms with Crippen molar-refractivity contribution in [2.24, 2.45) is 11.8 Å². The summed E-state index contributed by atoms with van der Waals surface area (Å²) < 4.78 is 0.